The first-order chi connectivity index (χ1) is 15.7. The lowest BCUT2D eigenvalue weighted by atomic mass is 10.2. The maximum Gasteiger partial charge on any atom is 0.387 e. The van der Waals surface area contributed by atoms with Gasteiger partial charge in [0.15, 0.2) is 29.0 Å². The minimum Gasteiger partial charge on any atom is -0.493 e. The Morgan fingerprint density at radius 2 is 1.82 bits per heavy atom. The van der Waals surface area contributed by atoms with E-state index >= 15 is 0 Å². The van der Waals surface area contributed by atoms with E-state index in [4.69, 9.17) is 4.74 Å². The lowest BCUT2D eigenvalue weighted by Gasteiger charge is -2.20. The summed E-state index contributed by atoms with van der Waals surface area (Å²) < 4.78 is 74.3. The number of rotatable bonds is 10. The number of benzene rings is 2. The number of ether oxygens (including phenoxy) is 2. The van der Waals surface area contributed by atoms with Crippen LogP contribution in [0.15, 0.2) is 36.4 Å². The number of hydrogen-bond donors (Lipinski definition) is 1. The highest BCUT2D eigenvalue weighted by atomic mass is 19.3. The SMILES string of the molecule is CCCN(CC(=O)Nc1ccc(F)c(F)c1F)C(=O)/C=C/c1ccc(OC(F)F)c(OC)c1. The third kappa shape index (κ3) is 7.19. The standard InChI is InChI=1S/C22H21F5N2O4/c1-3-10-29(12-18(30)28-15-7-6-14(23)20(24)21(15)25)19(31)9-5-13-4-8-16(33-22(26)27)17(11-13)32-2/h4-9,11,22H,3,10,12H2,1-2H3,(H,28,30)/b9-5+. The predicted octanol–water partition coefficient (Wildman–Crippen LogP) is 4.60. The largest absolute Gasteiger partial charge is 0.493 e. The molecule has 0 saturated heterocycles. The number of anilines is 1. The molecule has 0 unspecified atom stereocenters. The maximum absolute atomic E-state index is 13.8. The van der Waals surface area contributed by atoms with Gasteiger partial charge in [0.1, 0.15) is 6.54 Å². The van der Waals surface area contributed by atoms with Crippen LogP contribution in [0.1, 0.15) is 18.9 Å². The molecule has 1 N–H and O–H groups in total. The molecule has 2 rings (SSSR count). The van der Waals surface area contributed by atoms with E-state index in [9.17, 15) is 31.5 Å². The van der Waals surface area contributed by atoms with Gasteiger partial charge in [-0.05, 0) is 42.3 Å². The normalized spacial score (nSPS) is 11.0. The topological polar surface area (TPSA) is 67.9 Å². The van der Waals surface area contributed by atoms with Gasteiger partial charge in [-0.25, -0.2) is 13.2 Å². The minimum atomic E-state index is -3.03. The first kappa shape index (κ1) is 25.6. The summed E-state index contributed by atoms with van der Waals surface area (Å²) >= 11 is 0. The van der Waals surface area contributed by atoms with Gasteiger partial charge in [-0.1, -0.05) is 13.0 Å². The van der Waals surface area contributed by atoms with E-state index in [0.29, 0.717) is 18.1 Å². The fourth-order valence-corrected chi connectivity index (χ4v) is 2.78. The number of carbonyl (C=O) groups is 2. The lowest BCUT2D eigenvalue weighted by Crippen LogP contribution is -2.37. The van der Waals surface area contributed by atoms with Gasteiger partial charge in [-0.3, -0.25) is 9.59 Å². The molecule has 2 amide bonds. The van der Waals surface area contributed by atoms with Crippen molar-refractivity contribution in [3.8, 4) is 11.5 Å². The molecule has 0 aliphatic heterocycles. The highest BCUT2D eigenvalue weighted by Crippen LogP contribution is 2.30. The summed E-state index contributed by atoms with van der Waals surface area (Å²) in [5, 5.41) is 2.10. The fourth-order valence-electron chi connectivity index (χ4n) is 2.78. The molecule has 0 bridgehead atoms. The number of halogens is 5. The van der Waals surface area contributed by atoms with E-state index in [1.807, 2.05) is 0 Å². The molecule has 0 radical (unpaired) electrons. The number of methoxy groups -OCH3 is 1. The second-order valence-corrected chi connectivity index (χ2v) is 6.65. The number of nitrogens with zero attached hydrogens (tertiary/aromatic N) is 1. The third-order valence-corrected chi connectivity index (χ3v) is 4.27. The number of alkyl halides is 2. The molecule has 11 heteroatoms. The van der Waals surface area contributed by atoms with Crippen LogP contribution in [0.25, 0.3) is 6.08 Å². The van der Waals surface area contributed by atoms with Crippen LogP contribution in [0.4, 0.5) is 27.6 Å². The molecule has 178 valence electrons. The van der Waals surface area contributed by atoms with Crippen molar-refractivity contribution in [2.24, 2.45) is 0 Å². The Labute approximate surface area is 186 Å². The molecule has 0 aromatic heterocycles. The van der Waals surface area contributed by atoms with Crippen molar-refractivity contribution in [1.82, 2.24) is 4.90 Å². The smallest absolute Gasteiger partial charge is 0.387 e. The Balaban J connectivity index is 2.09. The fraction of sp³-hybridized carbons (Fsp3) is 0.273. The Morgan fingerprint density at radius 1 is 1.09 bits per heavy atom. The van der Waals surface area contributed by atoms with E-state index in [2.05, 4.69) is 10.1 Å². The van der Waals surface area contributed by atoms with Crippen LogP contribution in [0.2, 0.25) is 0 Å². The molecule has 0 spiro atoms. The Hall–Kier alpha value is -3.63. The van der Waals surface area contributed by atoms with Gasteiger partial charge in [-0.15, -0.1) is 0 Å². The van der Waals surface area contributed by atoms with Gasteiger partial charge in [-0.2, -0.15) is 8.78 Å². The molecule has 2 aromatic rings. The van der Waals surface area contributed by atoms with Gasteiger partial charge in [0.25, 0.3) is 0 Å². The molecule has 0 fully saturated rings. The van der Waals surface area contributed by atoms with Crippen molar-refractivity contribution in [2.45, 2.75) is 20.0 Å². The molecule has 2 aromatic carbocycles. The number of nitrogens with one attached hydrogen (secondary N) is 1. The zero-order valence-corrected chi connectivity index (χ0v) is 17.7. The van der Waals surface area contributed by atoms with Crippen LogP contribution in [0.3, 0.4) is 0 Å². The van der Waals surface area contributed by atoms with Crippen LogP contribution >= 0.6 is 0 Å². The number of hydrogen-bond acceptors (Lipinski definition) is 4. The quantitative estimate of drug-likeness (QED) is 0.312. The first-order valence-corrected chi connectivity index (χ1v) is 9.69. The van der Waals surface area contributed by atoms with Gasteiger partial charge in [0, 0.05) is 12.6 Å². The van der Waals surface area contributed by atoms with Crippen molar-refractivity contribution in [3.05, 3.63) is 59.4 Å². The first-order valence-electron chi connectivity index (χ1n) is 9.69. The molecule has 0 aliphatic carbocycles. The van der Waals surface area contributed by atoms with Crippen LogP contribution in [0, 0.1) is 17.5 Å². The van der Waals surface area contributed by atoms with E-state index in [1.165, 1.54) is 31.4 Å². The molecule has 0 saturated carbocycles. The predicted molar refractivity (Wildman–Crippen MR) is 110 cm³/mol. The summed E-state index contributed by atoms with van der Waals surface area (Å²) in [4.78, 5) is 25.9. The van der Waals surface area contributed by atoms with Crippen molar-refractivity contribution in [1.29, 1.82) is 0 Å². The summed E-state index contributed by atoms with van der Waals surface area (Å²) in [6.45, 7) is -1.55. The molecule has 0 aliphatic rings. The van der Waals surface area contributed by atoms with Crippen molar-refractivity contribution < 1.29 is 41.0 Å². The average Bonchev–Trinajstić information content (AvgIpc) is 2.77. The Kier molecular flexibility index (Phi) is 9.19. The highest BCUT2D eigenvalue weighted by Gasteiger charge is 2.18. The number of carbonyl (C=O) groups excluding carboxylic acids is 2. The van der Waals surface area contributed by atoms with E-state index in [1.54, 1.807) is 6.92 Å². The van der Waals surface area contributed by atoms with Crippen LogP contribution < -0.4 is 14.8 Å². The van der Waals surface area contributed by atoms with E-state index < -0.39 is 48.1 Å². The van der Waals surface area contributed by atoms with Crippen LogP contribution in [-0.2, 0) is 9.59 Å². The van der Waals surface area contributed by atoms with Gasteiger partial charge < -0.3 is 19.7 Å². The van der Waals surface area contributed by atoms with Gasteiger partial charge >= 0.3 is 6.61 Å². The monoisotopic (exact) mass is 472 g/mol. The average molecular weight is 472 g/mol. The summed E-state index contributed by atoms with van der Waals surface area (Å²) in [6, 6.07) is 5.59. The maximum atomic E-state index is 13.8. The van der Waals surface area contributed by atoms with Crippen molar-refractivity contribution >= 4 is 23.6 Å². The second-order valence-electron chi connectivity index (χ2n) is 6.65. The molecule has 0 heterocycles. The zero-order valence-electron chi connectivity index (χ0n) is 17.7. The van der Waals surface area contributed by atoms with E-state index in [-0.39, 0.29) is 18.0 Å². The molecular formula is C22H21F5N2O4. The van der Waals surface area contributed by atoms with E-state index in [0.717, 1.165) is 17.0 Å². The Morgan fingerprint density at radius 3 is 2.45 bits per heavy atom. The molecular weight excluding hydrogens is 451 g/mol. The van der Waals surface area contributed by atoms with Gasteiger partial charge in [0.2, 0.25) is 11.8 Å². The summed E-state index contributed by atoms with van der Waals surface area (Å²) in [7, 11) is 1.27. The van der Waals surface area contributed by atoms with Crippen LogP contribution in [-0.4, -0.2) is 43.5 Å². The summed E-state index contributed by atoms with van der Waals surface area (Å²) in [5.41, 5.74) is -0.122. The highest BCUT2D eigenvalue weighted by molar-refractivity contribution is 5.98. The Bertz CT molecular complexity index is 1030. The van der Waals surface area contributed by atoms with Crippen LogP contribution in [0.5, 0.6) is 11.5 Å². The van der Waals surface area contributed by atoms with Gasteiger partial charge in [0.05, 0.1) is 12.8 Å². The number of amides is 2. The van der Waals surface area contributed by atoms with Crippen molar-refractivity contribution in [2.75, 3.05) is 25.5 Å². The minimum absolute atomic E-state index is 0.0308. The summed E-state index contributed by atoms with van der Waals surface area (Å²) in [5.74, 6) is -6.20. The molecule has 0 atom stereocenters. The second kappa shape index (κ2) is 11.8. The zero-order chi connectivity index (χ0) is 24.5. The molecule has 6 nitrogen and oxygen atoms in total. The molecule has 33 heavy (non-hydrogen) atoms. The van der Waals surface area contributed by atoms with Crippen molar-refractivity contribution in [3.63, 3.8) is 0 Å². The lowest BCUT2D eigenvalue weighted by molar-refractivity contribution is -0.130. The summed E-state index contributed by atoms with van der Waals surface area (Å²) in [6.07, 6.45) is 3.04. The third-order valence-electron chi connectivity index (χ3n) is 4.27.